The zero-order valence-corrected chi connectivity index (χ0v) is 13.5. The molecule has 1 N–H and O–H groups in total. The highest BCUT2D eigenvalue weighted by Crippen LogP contribution is 2.26. The van der Waals surface area contributed by atoms with E-state index >= 15 is 0 Å². The maximum Gasteiger partial charge on any atom is 0.323 e. The highest BCUT2D eigenvalue weighted by Gasteiger charge is 2.32. The first-order valence-corrected chi connectivity index (χ1v) is 7.38. The van der Waals surface area contributed by atoms with Gasteiger partial charge >= 0.3 is 5.97 Å². The van der Waals surface area contributed by atoms with Gasteiger partial charge in [0.15, 0.2) is 5.11 Å². The maximum absolute atomic E-state index is 12.3. The molecule has 0 saturated carbocycles. The van der Waals surface area contributed by atoms with E-state index in [9.17, 15) is 9.59 Å². The number of hydrogen-bond acceptors (Lipinski definition) is 3. The number of carbonyl (C=O) groups excluding carboxylic acids is 1. The van der Waals surface area contributed by atoms with Crippen molar-refractivity contribution in [1.82, 2.24) is 14.4 Å². The van der Waals surface area contributed by atoms with Crippen molar-refractivity contribution in [3.8, 4) is 0 Å². The lowest BCUT2D eigenvalue weighted by atomic mass is 10.1. The number of likely N-dealkylation sites (N-methyl/N-ethyl adjacent to an activating group) is 2. The molecule has 23 heavy (non-hydrogen) atoms. The van der Waals surface area contributed by atoms with Crippen molar-refractivity contribution in [2.24, 2.45) is 0 Å². The fraction of sp³-hybridized carbons (Fsp3) is 0.188. The first kappa shape index (κ1) is 15.2. The van der Waals surface area contributed by atoms with Crippen LogP contribution in [0.15, 0.2) is 36.2 Å². The van der Waals surface area contributed by atoms with Gasteiger partial charge in [0.2, 0.25) is 0 Å². The van der Waals surface area contributed by atoms with E-state index in [1.54, 1.807) is 35.8 Å². The molecule has 1 aliphatic rings. The largest absolute Gasteiger partial charge is 0.480 e. The van der Waals surface area contributed by atoms with Crippen LogP contribution in [0.5, 0.6) is 0 Å². The second-order valence-electron chi connectivity index (χ2n) is 5.36. The summed E-state index contributed by atoms with van der Waals surface area (Å²) >= 11 is 5.20. The third-order valence-corrected chi connectivity index (χ3v) is 4.42. The van der Waals surface area contributed by atoms with Gasteiger partial charge in [-0.15, -0.1) is 0 Å². The van der Waals surface area contributed by atoms with E-state index in [1.807, 2.05) is 24.3 Å². The summed E-state index contributed by atoms with van der Waals surface area (Å²) in [5.41, 5.74) is 2.07. The van der Waals surface area contributed by atoms with Crippen LogP contribution in [0.2, 0.25) is 0 Å². The van der Waals surface area contributed by atoms with Gasteiger partial charge in [0.05, 0.1) is 0 Å². The third kappa shape index (κ3) is 2.49. The SMILES string of the molecule is CN1C(=O)/C(=C/c2cn(CC(=O)O)c3ccccc23)N(C)C1=S. The van der Waals surface area contributed by atoms with E-state index in [4.69, 9.17) is 17.3 Å². The van der Waals surface area contributed by atoms with Crippen LogP contribution in [0, 0.1) is 0 Å². The predicted octanol–water partition coefficient (Wildman–Crippen LogP) is 1.76. The summed E-state index contributed by atoms with van der Waals surface area (Å²) < 4.78 is 1.66. The zero-order chi connectivity index (χ0) is 16.7. The molecule has 1 amide bonds. The Morgan fingerprint density at radius 3 is 2.57 bits per heavy atom. The van der Waals surface area contributed by atoms with Gasteiger partial charge in [-0.1, -0.05) is 18.2 Å². The van der Waals surface area contributed by atoms with E-state index in [0.29, 0.717) is 10.8 Å². The number of hydrogen-bond donors (Lipinski definition) is 1. The second kappa shape index (κ2) is 5.51. The fourth-order valence-corrected chi connectivity index (χ4v) is 2.88. The van der Waals surface area contributed by atoms with Crippen molar-refractivity contribution >= 4 is 46.2 Å². The van der Waals surface area contributed by atoms with Crippen molar-refractivity contribution in [2.75, 3.05) is 14.1 Å². The smallest absolute Gasteiger partial charge is 0.323 e. The molecule has 0 unspecified atom stereocenters. The first-order chi connectivity index (χ1) is 10.9. The molecular formula is C16H15N3O3S. The van der Waals surface area contributed by atoms with Gasteiger partial charge in [0.1, 0.15) is 12.2 Å². The highest BCUT2D eigenvalue weighted by molar-refractivity contribution is 7.80. The average molecular weight is 329 g/mol. The van der Waals surface area contributed by atoms with E-state index in [0.717, 1.165) is 16.5 Å². The number of thiocarbonyl (C=S) groups is 1. The second-order valence-corrected chi connectivity index (χ2v) is 5.72. The van der Waals surface area contributed by atoms with Crippen LogP contribution in [0.3, 0.4) is 0 Å². The average Bonchev–Trinajstić information content (AvgIpc) is 2.94. The number of amides is 1. The Hall–Kier alpha value is -2.67. The first-order valence-electron chi connectivity index (χ1n) is 6.97. The topological polar surface area (TPSA) is 65.8 Å². The lowest BCUT2D eigenvalue weighted by Crippen LogP contribution is -2.26. The molecule has 3 rings (SSSR count). The molecule has 0 atom stereocenters. The number of aliphatic carboxylic acids is 1. The molecule has 1 aliphatic heterocycles. The van der Waals surface area contributed by atoms with Crippen LogP contribution in [-0.2, 0) is 16.1 Å². The summed E-state index contributed by atoms with van der Waals surface area (Å²) in [6.07, 6.45) is 3.49. The van der Waals surface area contributed by atoms with Gasteiger partial charge < -0.3 is 14.6 Å². The number of nitrogens with zero attached hydrogens (tertiary/aromatic N) is 3. The van der Waals surface area contributed by atoms with Gasteiger partial charge in [-0.05, 0) is 24.4 Å². The molecule has 1 aromatic heterocycles. The minimum atomic E-state index is -0.917. The highest BCUT2D eigenvalue weighted by atomic mass is 32.1. The van der Waals surface area contributed by atoms with Crippen molar-refractivity contribution in [2.45, 2.75) is 6.54 Å². The fourth-order valence-electron chi connectivity index (χ4n) is 2.70. The molecule has 0 aliphatic carbocycles. The maximum atomic E-state index is 12.3. The van der Waals surface area contributed by atoms with Gasteiger partial charge in [-0.3, -0.25) is 14.5 Å². The third-order valence-electron chi connectivity index (χ3n) is 3.88. The molecule has 0 spiro atoms. The molecule has 0 bridgehead atoms. The predicted molar refractivity (Wildman–Crippen MR) is 90.7 cm³/mol. The van der Waals surface area contributed by atoms with E-state index in [-0.39, 0.29) is 12.5 Å². The molecule has 118 valence electrons. The number of rotatable bonds is 3. The normalized spacial score (nSPS) is 16.9. The standard InChI is InChI=1S/C16H15N3O3S/c1-17-13(15(22)18(2)16(17)23)7-10-8-19(9-14(20)21)12-6-4-3-5-11(10)12/h3-8H,9H2,1-2H3,(H,20,21)/b13-7-. The Morgan fingerprint density at radius 1 is 1.26 bits per heavy atom. The molecule has 7 heteroatoms. The number of aromatic nitrogens is 1. The monoisotopic (exact) mass is 329 g/mol. The minimum absolute atomic E-state index is 0.133. The number of benzene rings is 1. The van der Waals surface area contributed by atoms with E-state index in [2.05, 4.69) is 0 Å². The van der Waals surface area contributed by atoms with E-state index in [1.165, 1.54) is 4.90 Å². The lowest BCUT2D eigenvalue weighted by molar-refractivity contribution is -0.137. The number of carbonyl (C=O) groups is 2. The van der Waals surface area contributed by atoms with Gasteiger partial charge in [-0.2, -0.15) is 0 Å². The molecule has 2 aromatic rings. The van der Waals surface area contributed by atoms with Gasteiger partial charge in [0.25, 0.3) is 5.91 Å². The van der Waals surface area contributed by atoms with Crippen molar-refractivity contribution in [3.63, 3.8) is 0 Å². The Balaban J connectivity index is 2.14. The van der Waals surface area contributed by atoms with Crippen molar-refractivity contribution < 1.29 is 14.7 Å². The minimum Gasteiger partial charge on any atom is -0.480 e. The molecule has 0 radical (unpaired) electrons. The number of fused-ring (bicyclic) bond motifs is 1. The summed E-state index contributed by atoms with van der Waals surface area (Å²) in [4.78, 5) is 26.4. The summed E-state index contributed by atoms with van der Waals surface area (Å²) in [6.45, 7) is -0.133. The molecule has 1 aromatic carbocycles. The Kier molecular flexibility index (Phi) is 3.65. The van der Waals surface area contributed by atoms with Crippen LogP contribution >= 0.6 is 12.2 Å². The lowest BCUT2D eigenvalue weighted by Gasteiger charge is -2.10. The summed E-state index contributed by atoms with van der Waals surface area (Å²) in [7, 11) is 3.38. The quantitative estimate of drug-likeness (QED) is 0.686. The summed E-state index contributed by atoms with van der Waals surface area (Å²) in [5.74, 6) is -1.09. The Bertz CT molecular complexity index is 869. The molecule has 2 heterocycles. The Morgan fingerprint density at radius 2 is 1.96 bits per heavy atom. The van der Waals surface area contributed by atoms with E-state index < -0.39 is 5.97 Å². The van der Waals surface area contributed by atoms with Crippen molar-refractivity contribution in [1.29, 1.82) is 0 Å². The summed E-state index contributed by atoms with van der Waals surface area (Å²) in [6, 6.07) is 7.50. The van der Waals surface area contributed by atoms with Crippen LogP contribution in [0.4, 0.5) is 0 Å². The van der Waals surface area contributed by atoms with Gasteiger partial charge in [0, 0.05) is 36.8 Å². The summed E-state index contributed by atoms with van der Waals surface area (Å²) in [5, 5.41) is 10.4. The number of carboxylic acid groups (broad SMARTS) is 1. The van der Waals surface area contributed by atoms with Crippen LogP contribution in [0.25, 0.3) is 17.0 Å². The number of carboxylic acids is 1. The Labute approximate surface area is 138 Å². The van der Waals surface area contributed by atoms with Crippen LogP contribution in [0.1, 0.15) is 5.56 Å². The van der Waals surface area contributed by atoms with Crippen LogP contribution in [-0.4, -0.2) is 50.6 Å². The zero-order valence-electron chi connectivity index (χ0n) is 12.7. The van der Waals surface area contributed by atoms with Crippen LogP contribution < -0.4 is 0 Å². The molecule has 1 saturated heterocycles. The molecule has 6 nitrogen and oxygen atoms in total. The molecule has 1 fully saturated rings. The molecular weight excluding hydrogens is 314 g/mol. The van der Waals surface area contributed by atoms with Crippen molar-refractivity contribution in [3.05, 3.63) is 41.7 Å². The van der Waals surface area contributed by atoms with Gasteiger partial charge in [-0.25, -0.2) is 0 Å². The number of para-hydroxylation sites is 1.